The van der Waals surface area contributed by atoms with Gasteiger partial charge < -0.3 is 15.4 Å². The average Bonchev–Trinajstić information content (AvgIpc) is 2.83. The molecule has 3 aromatic carbocycles. The van der Waals surface area contributed by atoms with E-state index in [9.17, 15) is 9.59 Å². The predicted molar refractivity (Wildman–Crippen MR) is 129 cm³/mol. The van der Waals surface area contributed by atoms with Crippen molar-refractivity contribution in [2.75, 3.05) is 17.2 Å². The number of para-hydroxylation sites is 1. The molecule has 32 heavy (non-hydrogen) atoms. The molecule has 2 N–H and O–H groups in total. The molecule has 0 saturated carbocycles. The maximum atomic E-state index is 12.3. The zero-order chi connectivity index (χ0) is 22.8. The number of carbonyl (C=O) groups is 2. The Hall–Kier alpha value is -3.60. The molecule has 0 aromatic heterocycles. The number of anilines is 2. The number of amides is 2. The van der Waals surface area contributed by atoms with Gasteiger partial charge in [0.15, 0.2) is 6.61 Å². The molecular weight excluding hydrogens is 400 g/mol. The van der Waals surface area contributed by atoms with Gasteiger partial charge in [0.2, 0.25) is 5.91 Å². The van der Waals surface area contributed by atoms with Crippen molar-refractivity contribution in [2.45, 2.75) is 39.0 Å². The van der Waals surface area contributed by atoms with Gasteiger partial charge in [0.25, 0.3) is 5.91 Å². The molecule has 2 amide bonds. The summed E-state index contributed by atoms with van der Waals surface area (Å²) in [6.45, 7) is 4.21. The Morgan fingerprint density at radius 1 is 0.812 bits per heavy atom. The van der Waals surface area contributed by atoms with E-state index >= 15 is 0 Å². The van der Waals surface area contributed by atoms with Crippen molar-refractivity contribution in [1.82, 2.24) is 0 Å². The van der Waals surface area contributed by atoms with Crippen molar-refractivity contribution < 1.29 is 14.3 Å². The lowest BCUT2D eigenvalue weighted by Crippen LogP contribution is -2.20. The molecule has 1 atom stereocenters. The fourth-order valence-electron chi connectivity index (χ4n) is 3.34. The van der Waals surface area contributed by atoms with Crippen LogP contribution in [0.15, 0.2) is 78.9 Å². The first-order chi connectivity index (χ1) is 15.5. The van der Waals surface area contributed by atoms with E-state index < -0.39 is 0 Å². The summed E-state index contributed by atoms with van der Waals surface area (Å²) < 4.78 is 5.76. The van der Waals surface area contributed by atoms with Crippen molar-refractivity contribution in [2.24, 2.45) is 0 Å². The summed E-state index contributed by atoms with van der Waals surface area (Å²) in [6.07, 6.45) is 2.11. The minimum atomic E-state index is -0.233. The van der Waals surface area contributed by atoms with Crippen LogP contribution >= 0.6 is 0 Å². The monoisotopic (exact) mass is 430 g/mol. The molecule has 0 fully saturated rings. The van der Waals surface area contributed by atoms with Gasteiger partial charge in [-0.2, -0.15) is 0 Å². The molecule has 3 aromatic rings. The molecule has 166 valence electrons. The second-order valence-corrected chi connectivity index (χ2v) is 7.80. The highest BCUT2D eigenvalue weighted by atomic mass is 16.5. The van der Waals surface area contributed by atoms with Crippen molar-refractivity contribution in [3.63, 3.8) is 0 Å². The number of benzene rings is 3. The van der Waals surface area contributed by atoms with Crippen LogP contribution in [0.3, 0.4) is 0 Å². The molecule has 0 spiro atoms. The highest BCUT2D eigenvalue weighted by Gasteiger charge is 2.11. The van der Waals surface area contributed by atoms with Crippen molar-refractivity contribution in [1.29, 1.82) is 0 Å². The third-order valence-electron chi connectivity index (χ3n) is 5.36. The second-order valence-electron chi connectivity index (χ2n) is 7.80. The van der Waals surface area contributed by atoms with Crippen LogP contribution in [0.2, 0.25) is 0 Å². The van der Waals surface area contributed by atoms with Crippen molar-refractivity contribution >= 4 is 23.2 Å². The van der Waals surface area contributed by atoms with Gasteiger partial charge in [0.05, 0.1) is 0 Å². The van der Waals surface area contributed by atoms with Gasteiger partial charge in [-0.15, -0.1) is 0 Å². The Kier molecular flexibility index (Phi) is 8.44. The van der Waals surface area contributed by atoms with Gasteiger partial charge in [-0.25, -0.2) is 0 Å². The smallest absolute Gasteiger partial charge is 0.262 e. The van der Waals surface area contributed by atoms with Crippen molar-refractivity contribution in [3.8, 4) is 5.75 Å². The lowest BCUT2D eigenvalue weighted by molar-refractivity contribution is -0.118. The molecule has 0 radical (unpaired) electrons. The van der Waals surface area contributed by atoms with Gasteiger partial charge in [0, 0.05) is 17.8 Å². The number of aryl methyl sites for hydroxylation is 1. The van der Waals surface area contributed by atoms with Crippen molar-refractivity contribution in [3.05, 3.63) is 90.0 Å². The molecule has 0 saturated heterocycles. The van der Waals surface area contributed by atoms with Gasteiger partial charge in [-0.3, -0.25) is 9.59 Å². The van der Waals surface area contributed by atoms with E-state index in [2.05, 4.69) is 24.5 Å². The first-order valence-corrected chi connectivity index (χ1v) is 11.0. The fourth-order valence-corrected chi connectivity index (χ4v) is 3.34. The SMILES string of the molecule is CC[C@H](C)c1ccccc1OCC(=O)Nc1ccc(NC(=O)CCc2ccccc2)cc1. The van der Waals surface area contributed by atoms with E-state index in [-0.39, 0.29) is 18.4 Å². The van der Waals surface area contributed by atoms with Crippen LogP contribution < -0.4 is 15.4 Å². The molecule has 0 bridgehead atoms. The van der Waals surface area contributed by atoms with E-state index in [4.69, 9.17) is 4.74 Å². The summed E-state index contributed by atoms with van der Waals surface area (Å²) in [4.78, 5) is 24.5. The summed E-state index contributed by atoms with van der Waals surface area (Å²) in [5.41, 5.74) is 3.58. The molecular formula is C27H30N2O3. The van der Waals surface area contributed by atoms with Crippen LogP contribution in [-0.2, 0) is 16.0 Å². The van der Waals surface area contributed by atoms with E-state index in [1.807, 2.05) is 54.6 Å². The van der Waals surface area contributed by atoms with E-state index in [1.54, 1.807) is 24.3 Å². The minimum Gasteiger partial charge on any atom is -0.483 e. The Morgan fingerprint density at radius 2 is 1.41 bits per heavy atom. The van der Waals surface area contributed by atoms with Crippen LogP contribution in [0.25, 0.3) is 0 Å². The van der Waals surface area contributed by atoms with E-state index in [0.29, 0.717) is 30.1 Å². The number of nitrogens with one attached hydrogen (secondary N) is 2. The molecule has 5 nitrogen and oxygen atoms in total. The lowest BCUT2D eigenvalue weighted by atomic mass is 9.98. The third-order valence-corrected chi connectivity index (χ3v) is 5.36. The highest BCUT2D eigenvalue weighted by Crippen LogP contribution is 2.28. The Balaban J connectivity index is 1.46. The normalized spacial score (nSPS) is 11.4. The fraction of sp³-hybridized carbons (Fsp3) is 0.259. The maximum Gasteiger partial charge on any atom is 0.262 e. The summed E-state index contributed by atoms with van der Waals surface area (Å²) in [6, 6.07) is 24.8. The number of carbonyl (C=O) groups excluding carboxylic acids is 2. The van der Waals surface area contributed by atoms with Crippen LogP contribution in [0, 0.1) is 0 Å². The van der Waals surface area contributed by atoms with E-state index in [0.717, 1.165) is 23.3 Å². The molecule has 5 heteroatoms. The molecule has 0 aliphatic carbocycles. The zero-order valence-electron chi connectivity index (χ0n) is 18.6. The van der Waals surface area contributed by atoms with Crippen LogP contribution in [0.1, 0.15) is 43.7 Å². The number of ether oxygens (including phenoxy) is 1. The summed E-state index contributed by atoms with van der Waals surface area (Å²) in [7, 11) is 0. The highest BCUT2D eigenvalue weighted by molar-refractivity contribution is 5.93. The summed E-state index contributed by atoms with van der Waals surface area (Å²) >= 11 is 0. The van der Waals surface area contributed by atoms with Gasteiger partial charge in [0.1, 0.15) is 5.75 Å². The summed E-state index contributed by atoms with van der Waals surface area (Å²) in [5, 5.41) is 5.71. The zero-order valence-corrected chi connectivity index (χ0v) is 18.6. The topological polar surface area (TPSA) is 67.4 Å². The quantitative estimate of drug-likeness (QED) is 0.428. The number of rotatable bonds is 10. The third kappa shape index (κ3) is 6.98. The molecule has 0 heterocycles. The van der Waals surface area contributed by atoms with Crippen LogP contribution in [0.5, 0.6) is 5.75 Å². The number of hydrogen-bond acceptors (Lipinski definition) is 3. The first-order valence-electron chi connectivity index (χ1n) is 11.0. The van der Waals surface area contributed by atoms with Gasteiger partial charge >= 0.3 is 0 Å². The Bertz CT molecular complexity index is 1020. The molecule has 0 aliphatic heterocycles. The molecule has 0 unspecified atom stereocenters. The predicted octanol–water partition coefficient (Wildman–Crippen LogP) is 5.79. The standard InChI is InChI=1S/C27H30N2O3/c1-3-20(2)24-11-7-8-12-25(24)32-19-27(31)29-23-16-14-22(15-17-23)28-26(30)18-13-21-9-5-4-6-10-21/h4-12,14-17,20H,3,13,18-19H2,1-2H3,(H,28,30)(H,29,31)/t20-/m0/s1. The van der Waals surface area contributed by atoms with E-state index in [1.165, 1.54) is 0 Å². The van der Waals surface area contributed by atoms with Gasteiger partial charge in [-0.1, -0.05) is 62.4 Å². The van der Waals surface area contributed by atoms with Gasteiger partial charge in [-0.05, 0) is 60.2 Å². The first kappa shape index (κ1) is 23.1. The number of hydrogen-bond donors (Lipinski definition) is 2. The van der Waals surface area contributed by atoms with Crippen LogP contribution in [-0.4, -0.2) is 18.4 Å². The second kappa shape index (κ2) is 11.7. The molecule has 3 rings (SSSR count). The largest absolute Gasteiger partial charge is 0.483 e. The maximum absolute atomic E-state index is 12.3. The molecule has 0 aliphatic rings. The average molecular weight is 431 g/mol. The lowest BCUT2D eigenvalue weighted by Gasteiger charge is -2.15. The minimum absolute atomic E-state index is 0.0426. The Morgan fingerprint density at radius 3 is 2.06 bits per heavy atom. The van der Waals surface area contributed by atoms with Crippen LogP contribution in [0.4, 0.5) is 11.4 Å². The summed E-state index contributed by atoms with van der Waals surface area (Å²) in [5.74, 6) is 0.831. The Labute approximate surface area is 189 Å².